The molecule has 0 aliphatic heterocycles. The molecule has 0 radical (unpaired) electrons. The quantitative estimate of drug-likeness (QED) is 0.869. The highest BCUT2D eigenvalue weighted by Crippen LogP contribution is 2.21. The molecule has 15 heavy (non-hydrogen) atoms. The van der Waals surface area contributed by atoms with Gasteiger partial charge in [-0.3, -0.25) is 4.79 Å². The Kier molecular flexibility index (Phi) is 4.35. The van der Waals surface area contributed by atoms with E-state index in [-0.39, 0.29) is 12.4 Å². The van der Waals surface area contributed by atoms with Crippen LogP contribution in [0.4, 0.5) is 4.39 Å². The van der Waals surface area contributed by atoms with Gasteiger partial charge in [0.1, 0.15) is 6.61 Å². The van der Waals surface area contributed by atoms with Gasteiger partial charge in [-0.05, 0) is 18.2 Å². The first-order chi connectivity index (χ1) is 7.00. The molecule has 82 valence electrons. The van der Waals surface area contributed by atoms with Gasteiger partial charge in [-0.1, -0.05) is 15.9 Å². The molecule has 0 aliphatic rings. The van der Waals surface area contributed by atoms with E-state index in [9.17, 15) is 9.18 Å². The smallest absolute Gasteiger partial charge is 0.325 e. The fourth-order valence-electron chi connectivity index (χ4n) is 0.826. The minimum Gasteiger partial charge on any atom is -0.488 e. The van der Waals surface area contributed by atoms with Gasteiger partial charge in [-0.15, -0.1) is 11.6 Å². The number of aliphatic carboxylic acids is 1. The van der Waals surface area contributed by atoms with Gasteiger partial charge in [-0.25, -0.2) is 4.39 Å². The number of carboxylic acid groups (broad SMARTS) is 1. The highest BCUT2D eigenvalue weighted by Gasteiger charge is 2.15. The number of hydrogen-bond donors (Lipinski definition) is 1. The molecule has 3 nitrogen and oxygen atoms in total. The lowest BCUT2D eigenvalue weighted by Crippen LogP contribution is -2.21. The fourth-order valence-corrected chi connectivity index (χ4v) is 1.22. The Balaban J connectivity index is 2.62. The van der Waals surface area contributed by atoms with Crippen molar-refractivity contribution in [1.29, 1.82) is 0 Å². The molecule has 0 bridgehead atoms. The monoisotopic (exact) mass is 296 g/mol. The zero-order valence-corrected chi connectivity index (χ0v) is 9.76. The van der Waals surface area contributed by atoms with Crippen LogP contribution in [0.25, 0.3) is 0 Å². The highest BCUT2D eigenvalue weighted by atomic mass is 79.9. The molecule has 0 aliphatic carbocycles. The van der Waals surface area contributed by atoms with Crippen molar-refractivity contribution in [3.8, 4) is 5.75 Å². The fraction of sp³-hybridized carbons (Fsp3) is 0.222. The van der Waals surface area contributed by atoms with Crippen LogP contribution in [0.2, 0.25) is 0 Å². The Morgan fingerprint density at radius 1 is 1.67 bits per heavy atom. The maximum absolute atomic E-state index is 13.2. The van der Waals surface area contributed by atoms with Crippen LogP contribution in [-0.4, -0.2) is 23.1 Å². The lowest BCUT2D eigenvalue weighted by Gasteiger charge is -2.08. The first kappa shape index (κ1) is 12.3. The SMILES string of the molecule is O=C(O)C(Cl)COc1ccc(Br)cc1F. The Morgan fingerprint density at radius 2 is 2.33 bits per heavy atom. The van der Waals surface area contributed by atoms with E-state index in [1.165, 1.54) is 12.1 Å². The number of halogens is 3. The highest BCUT2D eigenvalue weighted by molar-refractivity contribution is 9.10. The van der Waals surface area contributed by atoms with E-state index in [1.807, 2.05) is 0 Å². The van der Waals surface area contributed by atoms with E-state index in [4.69, 9.17) is 21.4 Å². The summed E-state index contributed by atoms with van der Waals surface area (Å²) in [4.78, 5) is 10.3. The van der Waals surface area contributed by atoms with Crippen LogP contribution in [0.3, 0.4) is 0 Å². The van der Waals surface area contributed by atoms with E-state index in [1.54, 1.807) is 6.07 Å². The molecule has 1 unspecified atom stereocenters. The predicted molar refractivity (Wildman–Crippen MR) is 56.9 cm³/mol. The molecule has 1 N–H and O–H groups in total. The van der Waals surface area contributed by atoms with Gasteiger partial charge < -0.3 is 9.84 Å². The van der Waals surface area contributed by atoms with Gasteiger partial charge in [0.15, 0.2) is 16.9 Å². The van der Waals surface area contributed by atoms with E-state index < -0.39 is 17.2 Å². The normalized spacial score (nSPS) is 12.2. The number of rotatable bonds is 4. The average molecular weight is 298 g/mol. The van der Waals surface area contributed by atoms with Crippen molar-refractivity contribution in [3.63, 3.8) is 0 Å². The third-order valence-electron chi connectivity index (χ3n) is 1.55. The second-order valence-electron chi connectivity index (χ2n) is 2.69. The van der Waals surface area contributed by atoms with Crippen molar-refractivity contribution >= 4 is 33.5 Å². The predicted octanol–water partition coefficient (Wildman–Crippen LogP) is 2.66. The van der Waals surface area contributed by atoms with Crippen molar-refractivity contribution in [1.82, 2.24) is 0 Å². The average Bonchev–Trinajstić information content (AvgIpc) is 2.15. The van der Waals surface area contributed by atoms with Crippen LogP contribution in [0, 0.1) is 5.82 Å². The summed E-state index contributed by atoms with van der Waals surface area (Å²) in [7, 11) is 0. The summed E-state index contributed by atoms with van der Waals surface area (Å²) in [5.74, 6) is -1.79. The Hall–Kier alpha value is -0.810. The zero-order chi connectivity index (χ0) is 11.4. The van der Waals surface area contributed by atoms with E-state index in [0.29, 0.717) is 4.47 Å². The Labute approximate surface area is 98.9 Å². The van der Waals surface area contributed by atoms with E-state index in [2.05, 4.69) is 15.9 Å². The molecule has 0 spiro atoms. The molecule has 6 heteroatoms. The maximum atomic E-state index is 13.2. The summed E-state index contributed by atoms with van der Waals surface area (Å²) in [6.07, 6.45) is 0. The molecule has 0 fully saturated rings. The maximum Gasteiger partial charge on any atom is 0.325 e. The third kappa shape index (κ3) is 3.68. The standard InChI is InChI=1S/C9H7BrClFO3/c10-5-1-2-8(7(12)3-5)15-4-6(11)9(13)14/h1-3,6H,4H2,(H,13,14). The number of ether oxygens (including phenoxy) is 1. The summed E-state index contributed by atoms with van der Waals surface area (Å²) >= 11 is 8.48. The molecule has 1 aromatic rings. The van der Waals surface area contributed by atoms with Crippen LogP contribution in [0.5, 0.6) is 5.75 Å². The van der Waals surface area contributed by atoms with E-state index >= 15 is 0 Å². The lowest BCUT2D eigenvalue weighted by atomic mass is 10.3. The number of carboxylic acids is 1. The topological polar surface area (TPSA) is 46.5 Å². The van der Waals surface area contributed by atoms with E-state index in [0.717, 1.165) is 0 Å². The third-order valence-corrected chi connectivity index (χ3v) is 2.35. The molecular formula is C9H7BrClFO3. The zero-order valence-electron chi connectivity index (χ0n) is 7.41. The molecule has 0 saturated carbocycles. The van der Waals surface area contributed by atoms with Gasteiger partial charge in [0, 0.05) is 4.47 Å². The first-order valence-electron chi connectivity index (χ1n) is 3.95. The van der Waals surface area contributed by atoms with Crippen LogP contribution in [-0.2, 0) is 4.79 Å². The van der Waals surface area contributed by atoms with Crippen LogP contribution < -0.4 is 4.74 Å². The van der Waals surface area contributed by atoms with Crippen molar-refractivity contribution in [2.24, 2.45) is 0 Å². The second-order valence-corrected chi connectivity index (χ2v) is 4.13. The molecule has 1 atom stereocenters. The summed E-state index contributed by atoms with van der Waals surface area (Å²) < 4.78 is 18.6. The van der Waals surface area contributed by atoms with Crippen LogP contribution >= 0.6 is 27.5 Å². The number of hydrogen-bond acceptors (Lipinski definition) is 2. The Morgan fingerprint density at radius 3 is 2.87 bits per heavy atom. The summed E-state index contributed by atoms with van der Waals surface area (Å²) in [5.41, 5.74) is 0. The van der Waals surface area contributed by atoms with Gasteiger partial charge in [-0.2, -0.15) is 0 Å². The first-order valence-corrected chi connectivity index (χ1v) is 5.18. The molecule has 0 heterocycles. The van der Waals surface area contributed by atoms with Gasteiger partial charge >= 0.3 is 5.97 Å². The summed E-state index contributed by atoms with van der Waals surface area (Å²) in [6, 6.07) is 4.20. The van der Waals surface area contributed by atoms with Crippen molar-refractivity contribution in [2.75, 3.05) is 6.61 Å². The number of alkyl halides is 1. The van der Waals surface area contributed by atoms with Crippen LogP contribution in [0.15, 0.2) is 22.7 Å². The Bertz CT molecular complexity index is 372. The minimum absolute atomic E-state index is 0.0231. The lowest BCUT2D eigenvalue weighted by molar-refractivity contribution is -0.137. The minimum atomic E-state index is -1.20. The van der Waals surface area contributed by atoms with Gasteiger partial charge in [0.25, 0.3) is 0 Å². The summed E-state index contributed by atoms with van der Waals surface area (Å²) in [5, 5.41) is 7.27. The molecule has 0 aromatic heterocycles. The molecule has 0 amide bonds. The summed E-state index contributed by atoms with van der Waals surface area (Å²) in [6.45, 7) is -0.282. The van der Waals surface area contributed by atoms with Gasteiger partial charge in [0.05, 0.1) is 0 Å². The molecular weight excluding hydrogens is 290 g/mol. The molecule has 0 saturated heterocycles. The number of benzene rings is 1. The molecule has 1 rings (SSSR count). The second kappa shape index (κ2) is 5.32. The molecule has 1 aromatic carbocycles. The van der Waals surface area contributed by atoms with Crippen molar-refractivity contribution in [2.45, 2.75) is 5.38 Å². The largest absolute Gasteiger partial charge is 0.488 e. The number of carbonyl (C=O) groups is 1. The van der Waals surface area contributed by atoms with Crippen LogP contribution in [0.1, 0.15) is 0 Å². The van der Waals surface area contributed by atoms with Crippen molar-refractivity contribution in [3.05, 3.63) is 28.5 Å². The van der Waals surface area contributed by atoms with Crippen molar-refractivity contribution < 1.29 is 19.0 Å². The van der Waals surface area contributed by atoms with Gasteiger partial charge in [0.2, 0.25) is 0 Å².